The molecule has 1 aliphatic rings. The van der Waals surface area contributed by atoms with E-state index in [4.69, 9.17) is 32.7 Å². The molecule has 0 N–H and O–H groups in total. The average Bonchev–Trinajstić information content (AvgIpc) is 2.78. The number of carbonyl (C=O) groups is 2. The lowest BCUT2D eigenvalue weighted by Gasteiger charge is -2.30. The average molecular weight is 447 g/mol. The van der Waals surface area contributed by atoms with Gasteiger partial charge >= 0.3 is 0 Å². The molecule has 6 nitrogen and oxygen atoms in total. The van der Waals surface area contributed by atoms with E-state index in [1.807, 2.05) is 0 Å². The zero-order chi connectivity index (χ0) is 22.0. The van der Waals surface area contributed by atoms with Crippen molar-refractivity contribution in [1.82, 2.24) is 0 Å². The fraction of sp³-hybridized carbons (Fsp3) is 0.182. The van der Waals surface area contributed by atoms with Gasteiger partial charge in [-0.15, -0.1) is 0 Å². The molecule has 0 saturated carbocycles. The summed E-state index contributed by atoms with van der Waals surface area (Å²) in [5, 5.41) is -0.392. The summed E-state index contributed by atoms with van der Waals surface area (Å²) in [6, 6.07) is 14.0. The number of methoxy groups -OCH3 is 2. The standard InChI is InChI=1S/C22H20Cl2N2O4/c1-25(13-5-9-15(29-3)10-6-13)19-17(23)22(28)20(18(24)21(19)27)26(2)14-7-11-16(30-4)12-8-14/h5-12H,1-4H3. The van der Waals surface area contributed by atoms with Gasteiger partial charge in [-0.1, -0.05) is 23.2 Å². The maximum atomic E-state index is 13.1. The first-order valence-electron chi connectivity index (χ1n) is 8.94. The lowest BCUT2D eigenvalue weighted by atomic mass is 10.0. The van der Waals surface area contributed by atoms with Crippen molar-refractivity contribution in [3.63, 3.8) is 0 Å². The highest BCUT2D eigenvalue weighted by Gasteiger charge is 2.37. The maximum Gasteiger partial charge on any atom is 0.224 e. The van der Waals surface area contributed by atoms with Crippen LogP contribution in [0.2, 0.25) is 0 Å². The molecule has 0 unspecified atom stereocenters. The molecule has 0 atom stereocenters. The minimum atomic E-state index is -0.532. The molecule has 0 saturated heterocycles. The van der Waals surface area contributed by atoms with E-state index in [-0.39, 0.29) is 21.5 Å². The Morgan fingerprint density at radius 3 is 1.20 bits per heavy atom. The quantitative estimate of drug-likeness (QED) is 0.615. The molecule has 0 aliphatic heterocycles. The molecule has 2 aromatic rings. The van der Waals surface area contributed by atoms with Gasteiger partial charge in [0, 0.05) is 25.5 Å². The molecule has 30 heavy (non-hydrogen) atoms. The van der Waals surface area contributed by atoms with Crippen LogP contribution in [0.5, 0.6) is 11.5 Å². The molecule has 0 fully saturated rings. The number of benzene rings is 2. The predicted octanol–water partition coefficient (Wildman–Crippen LogP) is 4.33. The van der Waals surface area contributed by atoms with Crippen LogP contribution in [0.1, 0.15) is 0 Å². The number of hydrogen-bond acceptors (Lipinski definition) is 6. The summed E-state index contributed by atoms with van der Waals surface area (Å²) in [6.45, 7) is 0. The van der Waals surface area contributed by atoms with Gasteiger partial charge in [-0.05, 0) is 48.5 Å². The van der Waals surface area contributed by atoms with Crippen molar-refractivity contribution in [2.75, 3.05) is 38.1 Å². The van der Waals surface area contributed by atoms with E-state index >= 15 is 0 Å². The molecule has 0 spiro atoms. The van der Waals surface area contributed by atoms with Crippen molar-refractivity contribution in [3.05, 3.63) is 70.0 Å². The zero-order valence-electron chi connectivity index (χ0n) is 16.9. The Bertz CT molecular complexity index is 958. The van der Waals surface area contributed by atoms with Crippen molar-refractivity contribution in [3.8, 4) is 11.5 Å². The summed E-state index contributed by atoms with van der Waals surface area (Å²) in [5.74, 6) is 0.268. The number of carbonyl (C=O) groups excluding carboxylic acids is 2. The van der Waals surface area contributed by atoms with Crippen molar-refractivity contribution in [1.29, 1.82) is 0 Å². The largest absolute Gasteiger partial charge is 0.497 e. The van der Waals surface area contributed by atoms with Crippen LogP contribution >= 0.6 is 23.2 Å². The molecule has 0 aromatic heterocycles. The Balaban J connectivity index is 1.96. The molecule has 3 rings (SSSR count). The fourth-order valence-corrected chi connectivity index (χ4v) is 3.70. The van der Waals surface area contributed by atoms with E-state index in [9.17, 15) is 9.59 Å². The smallest absolute Gasteiger partial charge is 0.224 e. The SMILES string of the molecule is COc1ccc(N(C)C2=C(Cl)C(=O)C(N(C)c3ccc(OC)cc3)=C(Cl)C2=O)cc1. The molecule has 8 heteroatoms. The molecule has 1 aliphatic carbocycles. The Hall–Kier alpha value is -2.96. The molecule has 2 aromatic carbocycles. The zero-order valence-corrected chi connectivity index (χ0v) is 18.4. The number of anilines is 2. The fourth-order valence-electron chi connectivity index (χ4n) is 3.09. The van der Waals surface area contributed by atoms with E-state index in [2.05, 4.69) is 0 Å². The number of allylic oxidation sites excluding steroid dienone is 2. The highest BCUT2D eigenvalue weighted by molar-refractivity contribution is 6.56. The second-order valence-corrected chi connectivity index (χ2v) is 7.25. The third-order valence-corrected chi connectivity index (χ3v) is 5.54. The van der Waals surface area contributed by atoms with E-state index in [1.54, 1.807) is 76.8 Å². The third-order valence-electron chi connectivity index (χ3n) is 4.83. The van der Waals surface area contributed by atoms with Crippen molar-refractivity contribution in [2.24, 2.45) is 0 Å². The molecule has 0 bridgehead atoms. The lowest BCUT2D eigenvalue weighted by molar-refractivity contribution is -0.115. The summed E-state index contributed by atoms with van der Waals surface area (Å²) < 4.78 is 10.3. The number of rotatable bonds is 6. The summed E-state index contributed by atoms with van der Waals surface area (Å²) in [4.78, 5) is 29.2. The third kappa shape index (κ3) is 3.88. The van der Waals surface area contributed by atoms with Gasteiger partial charge < -0.3 is 19.3 Å². The number of ketones is 2. The molecular weight excluding hydrogens is 427 g/mol. The van der Waals surface area contributed by atoms with Crippen LogP contribution in [0.15, 0.2) is 70.0 Å². The van der Waals surface area contributed by atoms with Crippen LogP contribution < -0.4 is 19.3 Å². The number of nitrogens with zero attached hydrogens (tertiary/aromatic N) is 2. The van der Waals surface area contributed by atoms with Crippen LogP contribution in [-0.4, -0.2) is 39.9 Å². The van der Waals surface area contributed by atoms with Gasteiger partial charge in [0.1, 0.15) is 33.0 Å². The van der Waals surface area contributed by atoms with Crippen molar-refractivity contribution >= 4 is 46.1 Å². The first kappa shape index (κ1) is 21.7. The molecular formula is C22H20Cl2N2O4. The Labute approximate surface area is 184 Å². The van der Waals surface area contributed by atoms with Gasteiger partial charge in [0.25, 0.3) is 0 Å². The molecule has 0 heterocycles. The monoisotopic (exact) mass is 446 g/mol. The minimum Gasteiger partial charge on any atom is -0.497 e. The maximum absolute atomic E-state index is 13.1. The topological polar surface area (TPSA) is 59.1 Å². The predicted molar refractivity (Wildman–Crippen MR) is 119 cm³/mol. The number of Topliss-reactive ketones (excluding diaryl/α,β-unsaturated/α-hetero) is 2. The van der Waals surface area contributed by atoms with E-state index in [1.165, 1.54) is 9.80 Å². The lowest BCUT2D eigenvalue weighted by Crippen LogP contribution is -2.35. The van der Waals surface area contributed by atoms with Crippen LogP contribution in [0.3, 0.4) is 0 Å². The number of halogens is 2. The van der Waals surface area contributed by atoms with Gasteiger partial charge in [0.15, 0.2) is 0 Å². The molecule has 0 amide bonds. The normalized spacial score (nSPS) is 14.2. The Morgan fingerprint density at radius 2 is 0.933 bits per heavy atom. The number of ether oxygens (including phenoxy) is 2. The highest BCUT2D eigenvalue weighted by Crippen LogP contribution is 2.36. The first-order valence-corrected chi connectivity index (χ1v) is 9.70. The number of hydrogen-bond donors (Lipinski definition) is 0. The molecule has 0 radical (unpaired) electrons. The van der Waals surface area contributed by atoms with Gasteiger partial charge in [-0.25, -0.2) is 0 Å². The van der Waals surface area contributed by atoms with E-state index < -0.39 is 11.6 Å². The molecule has 156 valence electrons. The van der Waals surface area contributed by atoms with Crippen molar-refractivity contribution < 1.29 is 19.1 Å². The van der Waals surface area contributed by atoms with Gasteiger partial charge in [-0.2, -0.15) is 0 Å². The summed E-state index contributed by atoms with van der Waals surface area (Å²) >= 11 is 12.7. The van der Waals surface area contributed by atoms with Crippen LogP contribution in [0, 0.1) is 0 Å². The van der Waals surface area contributed by atoms with Crippen LogP contribution in [0.25, 0.3) is 0 Å². The first-order chi connectivity index (χ1) is 14.3. The second kappa shape index (κ2) is 8.81. The van der Waals surface area contributed by atoms with Crippen molar-refractivity contribution in [2.45, 2.75) is 0 Å². The summed E-state index contributed by atoms with van der Waals surface area (Å²) in [6.07, 6.45) is 0. The summed E-state index contributed by atoms with van der Waals surface area (Å²) in [7, 11) is 6.42. The Morgan fingerprint density at radius 1 is 0.633 bits per heavy atom. The summed E-state index contributed by atoms with van der Waals surface area (Å²) in [5.41, 5.74) is 1.34. The second-order valence-electron chi connectivity index (χ2n) is 6.50. The van der Waals surface area contributed by atoms with E-state index in [0.717, 1.165) is 0 Å². The minimum absolute atomic E-state index is 0.0173. The van der Waals surface area contributed by atoms with Gasteiger partial charge in [0.05, 0.1) is 14.2 Å². The van der Waals surface area contributed by atoms with Crippen LogP contribution in [-0.2, 0) is 9.59 Å². The highest BCUT2D eigenvalue weighted by atomic mass is 35.5. The van der Waals surface area contributed by atoms with Gasteiger partial charge in [0.2, 0.25) is 11.6 Å². The number of likely N-dealkylation sites (N-methyl/N-ethyl adjacent to an activating group) is 2. The van der Waals surface area contributed by atoms with Crippen LogP contribution in [0.4, 0.5) is 11.4 Å². The van der Waals surface area contributed by atoms with Gasteiger partial charge in [-0.3, -0.25) is 9.59 Å². The Kier molecular flexibility index (Phi) is 6.39. The van der Waals surface area contributed by atoms with E-state index in [0.29, 0.717) is 22.9 Å².